The lowest BCUT2D eigenvalue weighted by molar-refractivity contribution is 0.101. The third kappa shape index (κ3) is 1.64. The average molecular weight is 187 g/mol. The molecule has 0 atom stereocenters. The van der Waals surface area contributed by atoms with Crippen LogP contribution >= 0.6 is 11.6 Å². The van der Waals surface area contributed by atoms with Crippen LogP contribution in [0.15, 0.2) is 12.1 Å². The Morgan fingerprint density at radius 2 is 2.08 bits per heavy atom. The molecule has 3 heteroatoms. The zero-order valence-corrected chi connectivity index (χ0v) is 7.57. The minimum atomic E-state index is -0.429. The van der Waals surface area contributed by atoms with E-state index in [9.17, 15) is 9.18 Å². The third-order valence-electron chi connectivity index (χ3n) is 1.60. The summed E-state index contributed by atoms with van der Waals surface area (Å²) in [6, 6.07) is 2.45. The van der Waals surface area contributed by atoms with E-state index in [0.717, 1.165) is 6.07 Å². The second kappa shape index (κ2) is 3.23. The predicted octanol–water partition coefficient (Wildman–Crippen LogP) is 2.99. The zero-order valence-electron chi connectivity index (χ0n) is 6.82. The molecule has 0 fully saturated rings. The van der Waals surface area contributed by atoms with Crippen LogP contribution in [-0.4, -0.2) is 5.78 Å². The van der Waals surface area contributed by atoms with Crippen molar-refractivity contribution in [1.29, 1.82) is 0 Å². The van der Waals surface area contributed by atoms with Crippen LogP contribution in [0.5, 0.6) is 0 Å². The van der Waals surface area contributed by atoms with Gasteiger partial charge in [0.25, 0.3) is 0 Å². The van der Waals surface area contributed by atoms with Crippen LogP contribution in [0.2, 0.25) is 5.02 Å². The Bertz CT molecular complexity index is 334. The molecule has 0 N–H and O–H groups in total. The summed E-state index contributed by atoms with van der Waals surface area (Å²) >= 11 is 5.77. The van der Waals surface area contributed by atoms with Gasteiger partial charge in [-0.1, -0.05) is 11.6 Å². The van der Waals surface area contributed by atoms with E-state index in [1.165, 1.54) is 13.0 Å². The van der Waals surface area contributed by atoms with Crippen molar-refractivity contribution in [2.45, 2.75) is 13.8 Å². The maximum absolute atomic E-state index is 12.8. The molecule has 0 radical (unpaired) electrons. The molecule has 12 heavy (non-hydrogen) atoms. The van der Waals surface area contributed by atoms with Crippen molar-refractivity contribution in [3.8, 4) is 0 Å². The number of Topliss-reactive ketones (excluding diaryl/α,β-unsaturated/α-hetero) is 1. The Hall–Kier alpha value is -0.890. The van der Waals surface area contributed by atoms with Gasteiger partial charge in [0.2, 0.25) is 0 Å². The molecule has 64 valence electrons. The molecule has 0 amide bonds. The van der Waals surface area contributed by atoms with Crippen molar-refractivity contribution < 1.29 is 9.18 Å². The first-order valence-corrected chi connectivity index (χ1v) is 3.86. The highest BCUT2D eigenvalue weighted by Crippen LogP contribution is 2.22. The van der Waals surface area contributed by atoms with E-state index < -0.39 is 5.82 Å². The van der Waals surface area contributed by atoms with Crippen molar-refractivity contribution in [2.75, 3.05) is 0 Å². The maximum Gasteiger partial charge on any atom is 0.161 e. The molecule has 0 unspecified atom stereocenters. The number of ketones is 1. The van der Waals surface area contributed by atoms with Gasteiger partial charge in [0.1, 0.15) is 5.82 Å². The molecule has 1 aromatic rings. The van der Waals surface area contributed by atoms with Crippen molar-refractivity contribution in [2.24, 2.45) is 0 Å². The molecule has 1 rings (SSSR count). The lowest BCUT2D eigenvalue weighted by Gasteiger charge is -2.02. The van der Waals surface area contributed by atoms with E-state index >= 15 is 0 Å². The van der Waals surface area contributed by atoms with Gasteiger partial charge in [0, 0.05) is 5.56 Å². The fraction of sp³-hybridized carbons (Fsp3) is 0.222. The topological polar surface area (TPSA) is 17.1 Å². The summed E-state index contributed by atoms with van der Waals surface area (Å²) < 4.78 is 12.8. The lowest BCUT2D eigenvalue weighted by atomic mass is 10.1. The number of hydrogen-bond acceptors (Lipinski definition) is 1. The summed E-state index contributed by atoms with van der Waals surface area (Å²) in [5.74, 6) is -0.648. The molecule has 0 saturated heterocycles. The Labute approximate surface area is 75.2 Å². The smallest absolute Gasteiger partial charge is 0.161 e. The summed E-state index contributed by atoms with van der Waals surface area (Å²) in [5.41, 5.74) is 0.830. The average Bonchev–Trinajstić information content (AvgIpc) is 1.96. The Morgan fingerprint density at radius 3 is 2.58 bits per heavy atom. The summed E-state index contributed by atoms with van der Waals surface area (Å²) in [6.07, 6.45) is 0. The number of hydrogen-bond donors (Lipinski definition) is 0. The molecule has 1 nitrogen and oxygen atoms in total. The molecule has 0 aliphatic carbocycles. The van der Waals surface area contributed by atoms with Crippen LogP contribution in [0.25, 0.3) is 0 Å². The summed E-state index contributed by atoms with van der Waals surface area (Å²) in [6.45, 7) is 3.03. The van der Waals surface area contributed by atoms with E-state index in [4.69, 9.17) is 11.6 Å². The minimum absolute atomic E-state index is 0.220. The van der Waals surface area contributed by atoms with Gasteiger partial charge in [-0.05, 0) is 31.5 Å². The molecular formula is C9H8ClFO. The van der Waals surface area contributed by atoms with Crippen LogP contribution in [0.1, 0.15) is 22.8 Å². The van der Waals surface area contributed by atoms with E-state index in [1.54, 1.807) is 6.92 Å². The van der Waals surface area contributed by atoms with Gasteiger partial charge in [-0.25, -0.2) is 4.39 Å². The Morgan fingerprint density at radius 1 is 1.50 bits per heavy atom. The fourth-order valence-electron chi connectivity index (χ4n) is 0.982. The van der Waals surface area contributed by atoms with Crippen LogP contribution in [0.4, 0.5) is 4.39 Å². The molecule has 1 aromatic carbocycles. The predicted molar refractivity (Wildman–Crippen MR) is 46.2 cm³/mol. The number of benzene rings is 1. The lowest BCUT2D eigenvalue weighted by Crippen LogP contribution is -1.96. The zero-order chi connectivity index (χ0) is 9.30. The van der Waals surface area contributed by atoms with Crippen LogP contribution in [0, 0.1) is 12.7 Å². The SMILES string of the molecule is CC(=O)c1cc(F)cc(C)c1Cl. The minimum Gasteiger partial charge on any atom is -0.294 e. The highest BCUT2D eigenvalue weighted by molar-refractivity contribution is 6.34. The Kier molecular flexibility index (Phi) is 2.48. The van der Waals surface area contributed by atoms with Gasteiger partial charge in [-0.3, -0.25) is 4.79 Å². The maximum atomic E-state index is 12.8. The summed E-state index contributed by atoms with van der Waals surface area (Å²) in [4.78, 5) is 10.9. The second-order valence-corrected chi connectivity index (χ2v) is 3.02. The summed E-state index contributed by atoms with van der Waals surface area (Å²) in [5, 5.41) is 0.337. The van der Waals surface area contributed by atoms with Crippen molar-refractivity contribution >= 4 is 17.4 Å². The fourth-order valence-corrected chi connectivity index (χ4v) is 1.22. The molecule has 0 aromatic heterocycles. The van der Waals surface area contributed by atoms with Gasteiger partial charge < -0.3 is 0 Å². The number of halogens is 2. The normalized spacial score (nSPS) is 10.0. The molecule has 0 aliphatic heterocycles. The van der Waals surface area contributed by atoms with E-state index in [-0.39, 0.29) is 11.3 Å². The second-order valence-electron chi connectivity index (χ2n) is 2.64. The van der Waals surface area contributed by atoms with Gasteiger partial charge >= 0.3 is 0 Å². The molecule has 0 bridgehead atoms. The monoisotopic (exact) mass is 186 g/mol. The molecule has 0 heterocycles. The van der Waals surface area contributed by atoms with Gasteiger partial charge in [0.15, 0.2) is 5.78 Å². The van der Waals surface area contributed by atoms with Gasteiger partial charge in [-0.2, -0.15) is 0 Å². The number of carbonyl (C=O) groups excluding carboxylic acids is 1. The molecular weight excluding hydrogens is 179 g/mol. The van der Waals surface area contributed by atoms with Crippen molar-refractivity contribution in [1.82, 2.24) is 0 Å². The van der Waals surface area contributed by atoms with Crippen LogP contribution in [-0.2, 0) is 0 Å². The molecule has 0 spiro atoms. The van der Waals surface area contributed by atoms with Crippen molar-refractivity contribution in [3.05, 3.63) is 34.1 Å². The third-order valence-corrected chi connectivity index (χ3v) is 2.10. The number of rotatable bonds is 1. The highest BCUT2D eigenvalue weighted by Gasteiger charge is 2.09. The quantitative estimate of drug-likeness (QED) is 0.617. The molecule has 0 saturated carbocycles. The van der Waals surface area contributed by atoms with Gasteiger partial charge in [0.05, 0.1) is 5.02 Å². The Balaban J connectivity index is 3.37. The van der Waals surface area contributed by atoms with Gasteiger partial charge in [-0.15, -0.1) is 0 Å². The van der Waals surface area contributed by atoms with Crippen molar-refractivity contribution in [3.63, 3.8) is 0 Å². The van der Waals surface area contributed by atoms with Crippen LogP contribution < -0.4 is 0 Å². The first kappa shape index (κ1) is 9.20. The van der Waals surface area contributed by atoms with E-state index in [2.05, 4.69) is 0 Å². The first-order valence-electron chi connectivity index (χ1n) is 3.49. The van der Waals surface area contributed by atoms with Crippen LogP contribution in [0.3, 0.4) is 0 Å². The molecule has 0 aliphatic rings. The first-order chi connectivity index (χ1) is 5.52. The standard InChI is InChI=1S/C9H8ClFO/c1-5-3-7(11)4-8(6(2)12)9(5)10/h3-4H,1-2H3. The largest absolute Gasteiger partial charge is 0.294 e. The summed E-state index contributed by atoms with van der Waals surface area (Å²) in [7, 11) is 0. The van der Waals surface area contributed by atoms with E-state index in [0.29, 0.717) is 10.6 Å². The number of aryl methyl sites for hydroxylation is 1. The van der Waals surface area contributed by atoms with E-state index in [1.807, 2.05) is 0 Å². The number of carbonyl (C=O) groups is 1. The highest BCUT2D eigenvalue weighted by atomic mass is 35.5.